The number of esters is 1. The first-order valence-electron chi connectivity index (χ1n) is 24.9. The summed E-state index contributed by atoms with van der Waals surface area (Å²) in [5.41, 5.74) is 3.46. The van der Waals surface area contributed by atoms with Crippen LogP contribution in [0, 0.1) is 56.7 Å². The van der Waals surface area contributed by atoms with E-state index in [9.17, 15) is 22.4 Å². The van der Waals surface area contributed by atoms with Crippen molar-refractivity contribution in [2.24, 2.45) is 56.7 Å². The van der Waals surface area contributed by atoms with E-state index in [1.165, 1.54) is 48.8 Å². The van der Waals surface area contributed by atoms with Crippen LogP contribution in [-0.4, -0.2) is 89.6 Å². The zero-order valence-electron chi connectivity index (χ0n) is 41.4. The zero-order valence-corrected chi connectivity index (χ0v) is 43.3. The van der Waals surface area contributed by atoms with Gasteiger partial charge in [-0.25, -0.2) is 12.8 Å². The molecule has 1 saturated heterocycles. The molecule has 11 heteroatoms. The molecule has 1 N–H and O–H groups in total. The second kappa shape index (κ2) is 16.7. The van der Waals surface area contributed by atoms with E-state index in [1.54, 1.807) is 6.92 Å². The number of alkyl halides is 1. The fraction of sp³-hybridized carbons (Fsp3) is 0.846. The van der Waals surface area contributed by atoms with Gasteiger partial charge in [0, 0.05) is 25.2 Å². The Morgan fingerprint density at radius 2 is 1.67 bits per heavy atom. The highest BCUT2D eigenvalue weighted by molar-refractivity contribution is 7.91. The minimum atomic E-state index is -3.29. The largest absolute Gasteiger partial charge is 0.519 e. The molecule has 0 radical (unpaired) electrons. The lowest BCUT2D eigenvalue weighted by Gasteiger charge is -2.72. The van der Waals surface area contributed by atoms with E-state index in [-0.39, 0.29) is 56.3 Å². The summed E-state index contributed by atoms with van der Waals surface area (Å²) in [6.07, 6.45) is 16.9. The number of nitrogens with zero attached hydrogens (tertiary/aromatic N) is 1. The summed E-state index contributed by atoms with van der Waals surface area (Å²) in [4.78, 5) is 28.7. The molecule has 4 saturated carbocycles. The normalized spacial score (nSPS) is 41.2. The highest BCUT2D eigenvalue weighted by Gasteiger charge is 2.70. The number of ether oxygens (including phenoxy) is 1. The van der Waals surface area contributed by atoms with Gasteiger partial charge in [0.1, 0.15) is 12.7 Å². The third kappa shape index (κ3) is 8.04. The summed E-state index contributed by atoms with van der Waals surface area (Å²) < 4.78 is 51.8. The molecule has 7 rings (SSSR count). The second-order valence-corrected chi connectivity index (χ2v) is 31.7. The lowest BCUT2D eigenvalue weighted by molar-refractivity contribution is -0.221. The van der Waals surface area contributed by atoms with Crippen molar-refractivity contribution in [3.8, 4) is 0 Å². The number of fused-ring (bicyclic) bond motifs is 7. The van der Waals surface area contributed by atoms with Crippen LogP contribution in [0.2, 0.25) is 18.1 Å². The maximum Gasteiger partial charge on any atom is 0.324 e. The number of nitrogens with one attached hydrogen (secondary N) is 1. The van der Waals surface area contributed by atoms with E-state index in [4.69, 9.17) is 9.16 Å². The lowest BCUT2D eigenvalue weighted by atomic mass is 9.33. The highest BCUT2D eigenvalue weighted by Crippen LogP contribution is 2.76. The van der Waals surface area contributed by atoms with E-state index in [0.29, 0.717) is 68.5 Å². The standard InChI is InChI=1S/C52H85FN2O6SSi/c1-14-60-44(56)40-33-62(58,59)32-31-55(40)30-29-54-52-26-19-37(35(2)3)43(52)39-15-16-42-48(9)22-20-38(47(7,8)41(48)21-23-50(42,11)49(39,10)27-28-52)36-17-24-51(34-53,25-18-36)45(57)61-63(12,13)46(4,5)6/h17,20,37,39-43,54H,2,14-16,18-19,21-34H2,1,3-13H3/t37-,39+,40?,41-,42+,43+,48-,49+,50+,51+,52-/m0/s1. The molecule has 11 atom stereocenters. The molecule has 1 aliphatic heterocycles. The van der Waals surface area contributed by atoms with Crippen molar-refractivity contribution in [3.63, 3.8) is 0 Å². The van der Waals surface area contributed by atoms with Crippen molar-refractivity contribution in [2.75, 3.05) is 44.4 Å². The highest BCUT2D eigenvalue weighted by atomic mass is 32.2. The van der Waals surface area contributed by atoms with Crippen LogP contribution in [-0.2, 0) is 28.6 Å². The molecule has 356 valence electrons. The SMILES string of the molecule is C=C(C)[C@@H]1CC[C@]2(NCCN3CCS(=O)(=O)CC3C(=O)OCC)CC[C@]3(C)[C@H](CC[C@@H]4[C@@]5(C)CC=C(C6=CC[C@@](CF)(C(=O)O[Si](C)(C)C(C)(C)C)CC6)C(C)(C)[C@@H]5CC[C@]43C)[C@@H]12. The van der Waals surface area contributed by atoms with Crippen molar-refractivity contribution in [1.29, 1.82) is 0 Å². The summed E-state index contributed by atoms with van der Waals surface area (Å²) in [5, 5.41) is 4.04. The number of carbonyl (C=O) groups excluding carboxylic acids is 2. The molecule has 5 fully saturated rings. The van der Waals surface area contributed by atoms with Crippen LogP contribution in [0.4, 0.5) is 4.39 Å². The van der Waals surface area contributed by atoms with Gasteiger partial charge in [-0.15, -0.1) is 0 Å². The van der Waals surface area contributed by atoms with E-state index >= 15 is 0 Å². The summed E-state index contributed by atoms with van der Waals surface area (Å²) in [7, 11) is -5.67. The van der Waals surface area contributed by atoms with Crippen LogP contribution in [0.3, 0.4) is 0 Å². The first-order chi connectivity index (χ1) is 29.2. The molecular formula is C52H85FN2O6SSi. The fourth-order valence-corrected chi connectivity index (χ4v) is 18.1. The number of hydrogen-bond donors (Lipinski definition) is 1. The first kappa shape index (κ1) is 49.1. The molecule has 0 aromatic rings. The van der Waals surface area contributed by atoms with Crippen LogP contribution in [0.5, 0.6) is 0 Å². The van der Waals surface area contributed by atoms with E-state index in [2.05, 4.69) is 99.5 Å². The van der Waals surface area contributed by atoms with Gasteiger partial charge in [-0.2, -0.15) is 0 Å². The Morgan fingerprint density at radius 1 is 0.952 bits per heavy atom. The molecule has 1 unspecified atom stereocenters. The average Bonchev–Trinajstić information content (AvgIpc) is 3.58. The van der Waals surface area contributed by atoms with Gasteiger partial charge in [0.05, 0.1) is 23.5 Å². The van der Waals surface area contributed by atoms with E-state index < -0.39 is 42.3 Å². The fourth-order valence-electron chi connectivity index (χ4n) is 15.6. The van der Waals surface area contributed by atoms with Crippen molar-refractivity contribution in [1.82, 2.24) is 10.2 Å². The van der Waals surface area contributed by atoms with Gasteiger partial charge in [0.25, 0.3) is 8.32 Å². The van der Waals surface area contributed by atoms with Crippen LogP contribution in [0.1, 0.15) is 146 Å². The predicted octanol–water partition coefficient (Wildman–Crippen LogP) is 10.8. The van der Waals surface area contributed by atoms with Crippen molar-refractivity contribution in [2.45, 2.75) is 176 Å². The van der Waals surface area contributed by atoms with Gasteiger partial charge in [-0.05, 0) is 171 Å². The molecule has 0 aromatic heterocycles. The number of rotatable bonds is 11. The van der Waals surface area contributed by atoms with Crippen LogP contribution in [0.25, 0.3) is 0 Å². The topological polar surface area (TPSA) is 102 Å². The molecule has 0 amide bonds. The number of allylic oxidation sites excluding steroid dienone is 5. The van der Waals surface area contributed by atoms with Gasteiger partial charge < -0.3 is 14.5 Å². The number of carbonyl (C=O) groups is 2. The number of hydrogen-bond acceptors (Lipinski definition) is 8. The summed E-state index contributed by atoms with van der Waals surface area (Å²) in [5.74, 6) is 1.81. The monoisotopic (exact) mass is 913 g/mol. The average molecular weight is 913 g/mol. The minimum Gasteiger partial charge on any atom is -0.519 e. The van der Waals surface area contributed by atoms with Crippen molar-refractivity contribution >= 4 is 30.1 Å². The van der Waals surface area contributed by atoms with Gasteiger partial charge >= 0.3 is 11.9 Å². The molecule has 6 aliphatic carbocycles. The van der Waals surface area contributed by atoms with Gasteiger partial charge in [0.2, 0.25) is 0 Å². The molecule has 7 aliphatic rings. The molecule has 8 nitrogen and oxygen atoms in total. The predicted molar refractivity (Wildman–Crippen MR) is 255 cm³/mol. The maximum absolute atomic E-state index is 15.0. The summed E-state index contributed by atoms with van der Waals surface area (Å²) in [6, 6.07) is -0.744. The van der Waals surface area contributed by atoms with Crippen molar-refractivity contribution < 1.29 is 31.6 Å². The Morgan fingerprint density at radius 3 is 2.29 bits per heavy atom. The maximum atomic E-state index is 15.0. The Bertz CT molecular complexity index is 1990. The Hall–Kier alpha value is -1.82. The quantitative estimate of drug-likeness (QED) is 0.124. The summed E-state index contributed by atoms with van der Waals surface area (Å²) >= 11 is 0. The molecular weight excluding hydrogens is 828 g/mol. The number of sulfone groups is 1. The molecule has 0 spiro atoms. The van der Waals surface area contributed by atoms with Gasteiger partial charge in [0.15, 0.2) is 9.84 Å². The smallest absolute Gasteiger partial charge is 0.324 e. The molecule has 0 aromatic carbocycles. The number of halogens is 1. The minimum absolute atomic E-state index is 0.00121. The van der Waals surface area contributed by atoms with Gasteiger partial charge in [-0.3, -0.25) is 14.5 Å². The van der Waals surface area contributed by atoms with Crippen LogP contribution < -0.4 is 5.32 Å². The van der Waals surface area contributed by atoms with Crippen LogP contribution in [0.15, 0.2) is 35.5 Å². The molecule has 1 heterocycles. The lowest BCUT2D eigenvalue weighted by Crippen LogP contribution is -2.68. The summed E-state index contributed by atoms with van der Waals surface area (Å²) in [6.45, 7) is 33.4. The third-order valence-electron chi connectivity index (χ3n) is 20.4. The zero-order chi connectivity index (χ0) is 46.4. The Balaban J connectivity index is 1.10. The Labute approximate surface area is 382 Å². The van der Waals surface area contributed by atoms with Crippen molar-refractivity contribution in [3.05, 3.63) is 35.5 Å². The van der Waals surface area contributed by atoms with E-state index in [0.717, 1.165) is 25.7 Å². The van der Waals surface area contributed by atoms with E-state index in [1.807, 2.05) is 4.90 Å². The third-order valence-corrected chi connectivity index (χ3v) is 26.4. The van der Waals surface area contributed by atoms with Crippen LogP contribution >= 0.6 is 0 Å². The second-order valence-electron chi connectivity index (χ2n) is 24.7. The molecule has 0 bridgehead atoms. The molecule has 63 heavy (non-hydrogen) atoms. The Kier molecular flexibility index (Phi) is 13.0. The first-order valence-corrected chi connectivity index (χ1v) is 29.6. The van der Waals surface area contributed by atoms with Gasteiger partial charge in [-0.1, -0.05) is 79.7 Å².